The summed E-state index contributed by atoms with van der Waals surface area (Å²) in [4.78, 5) is 13.6. The van der Waals surface area contributed by atoms with Crippen LogP contribution in [0.25, 0.3) is 33.4 Å². The van der Waals surface area contributed by atoms with Crippen LogP contribution in [0.1, 0.15) is 0 Å². The van der Waals surface area contributed by atoms with Gasteiger partial charge in [0.25, 0.3) is 0 Å². The molecule has 0 aliphatic rings. The highest BCUT2D eigenvalue weighted by molar-refractivity contribution is 5.93. The predicted octanol–water partition coefficient (Wildman–Crippen LogP) is 4.41. The number of pyridine rings is 1. The van der Waals surface area contributed by atoms with Crippen LogP contribution in [0.15, 0.2) is 67.0 Å². The lowest BCUT2D eigenvalue weighted by molar-refractivity contribution is 0.415. The molecule has 2 aromatic carbocycles. The zero-order chi connectivity index (χ0) is 17.9. The average molecular weight is 342 g/mol. The molecule has 0 atom stereocenters. The fourth-order valence-corrected chi connectivity index (χ4v) is 2.93. The van der Waals surface area contributed by atoms with E-state index < -0.39 is 0 Å². The van der Waals surface area contributed by atoms with Crippen molar-refractivity contribution >= 4 is 16.7 Å². The molecule has 2 heterocycles. The number of hydrogen-bond acceptors (Lipinski definition) is 5. The summed E-state index contributed by atoms with van der Waals surface area (Å²) in [6.45, 7) is 0. The standard InChI is InChI=1S/C21H18N4O/c1-22-21-18-9-8-15(14-5-3-7-17(11-14)26-2)12-19(18)24-20(25-21)16-6-4-10-23-13-16/h3-13H,1-2H3,(H,22,24,25). The van der Waals surface area contributed by atoms with Crippen LogP contribution in [0.2, 0.25) is 0 Å². The van der Waals surface area contributed by atoms with Gasteiger partial charge in [0.1, 0.15) is 11.6 Å². The van der Waals surface area contributed by atoms with Gasteiger partial charge in [0.2, 0.25) is 0 Å². The van der Waals surface area contributed by atoms with Crippen LogP contribution in [0, 0.1) is 0 Å². The van der Waals surface area contributed by atoms with Crippen LogP contribution in [-0.4, -0.2) is 29.1 Å². The molecule has 5 nitrogen and oxygen atoms in total. The molecule has 1 N–H and O–H groups in total. The molecule has 4 aromatic rings. The van der Waals surface area contributed by atoms with E-state index in [4.69, 9.17) is 9.72 Å². The normalized spacial score (nSPS) is 10.7. The van der Waals surface area contributed by atoms with Gasteiger partial charge in [0.05, 0.1) is 12.6 Å². The van der Waals surface area contributed by atoms with Crippen molar-refractivity contribution in [2.75, 3.05) is 19.5 Å². The maximum Gasteiger partial charge on any atom is 0.163 e. The molecule has 0 aliphatic heterocycles. The maximum atomic E-state index is 5.33. The molecular weight excluding hydrogens is 324 g/mol. The Morgan fingerprint density at radius 3 is 2.50 bits per heavy atom. The van der Waals surface area contributed by atoms with E-state index in [1.807, 2.05) is 43.4 Å². The Balaban J connectivity index is 1.88. The van der Waals surface area contributed by atoms with E-state index in [9.17, 15) is 0 Å². The summed E-state index contributed by atoms with van der Waals surface area (Å²) in [5, 5.41) is 4.14. The van der Waals surface area contributed by atoms with E-state index in [0.717, 1.165) is 39.2 Å². The molecule has 0 fully saturated rings. The second-order valence-electron chi connectivity index (χ2n) is 5.85. The number of nitrogens with one attached hydrogen (secondary N) is 1. The molecule has 0 bridgehead atoms. The molecule has 4 rings (SSSR count). The summed E-state index contributed by atoms with van der Waals surface area (Å²) < 4.78 is 5.33. The summed E-state index contributed by atoms with van der Waals surface area (Å²) in [6, 6.07) is 18.0. The van der Waals surface area contributed by atoms with E-state index >= 15 is 0 Å². The predicted molar refractivity (Wildman–Crippen MR) is 104 cm³/mol. The van der Waals surface area contributed by atoms with E-state index in [1.54, 1.807) is 19.5 Å². The van der Waals surface area contributed by atoms with Crippen LogP contribution in [0.4, 0.5) is 5.82 Å². The maximum absolute atomic E-state index is 5.33. The Labute approximate surface area is 151 Å². The molecule has 0 amide bonds. The third kappa shape index (κ3) is 2.95. The molecule has 0 saturated heterocycles. The van der Waals surface area contributed by atoms with Crippen LogP contribution in [0.5, 0.6) is 5.75 Å². The minimum absolute atomic E-state index is 0.651. The Hall–Kier alpha value is -3.47. The Bertz CT molecular complexity index is 1060. The summed E-state index contributed by atoms with van der Waals surface area (Å²) in [5.74, 6) is 2.28. The largest absolute Gasteiger partial charge is 0.497 e. The highest BCUT2D eigenvalue weighted by Crippen LogP contribution is 2.30. The molecule has 26 heavy (non-hydrogen) atoms. The van der Waals surface area contributed by atoms with E-state index in [1.165, 1.54) is 0 Å². The van der Waals surface area contributed by atoms with Gasteiger partial charge in [-0.15, -0.1) is 0 Å². The molecule has 0 saturated carbocycles. The fourth-order valence-electron chi connectivity index (χ4n) is 2.93. The van der Waals surface area contributed by atoms with Gasteiger partial charge in [-0.2, -0.15) is 0 Å². The first-order valence-electron chi connectivity index (χ1n) is 8.33. The van der Waals surface area contributed by atoms with Crippen LogP contribution < -0.4 is 10.1 Å². The van der Waals surface area contributed by atoms with E-state index in [2.05, 4.69) is 33.5 Å². The first kappa shape index (κ1) is 16.0. The van der Waals surface area contributed by atoms with Gasteiger partial charge in [0, 0.05) is 30.4 Å². The van der Waals surface area contributed by atoms with Crippen molar-refractivity contribution in [2.24, 2.45) is 0 Å². The summed E-state index contributed by atoms with van der Waals surface area (Å²) in [7, 11) is 3.54. The first-order valence-corrected chi connectivity index (χ1v) is 8.33. The lowest BCUT2D eigenvalue weighted by atomic mass is 10.0. The van der Waals surface area contributed by atoms with Gasteiger partial charge in [-0.1, -0.05) is 18.2 Å². The minimum atomic E-state index is 0.651. The van der Waals surface area contributed by atoms with Crippen LogP contribution >= 0.6 is 0 Å². The number of nitrogens with zero attached hydrogens (tertiary/aromatic N) is 3. The highest BCUT2D eigenvalue weighted by Gasteiger charge is 2.10. The first-order chi connectivity index (χ1) is 12.8. The molecule has 2 aromatic heterocycles. The van der Waals surface area contributed by atoms with Gasteiger partial charge in [-0.3, -0.25) is 4.98 Å². The zero-order valence-corrected chi connectivity index (χ0v) is 14.6. The fraction of sp³-hybridized carbons (Fsp3) is 0.0952. The van der Waals surface area contributed by atoms with Crippen LogP contribution in [-0.2, 0) is 0 Å². The van der Waals surface area contributed by atoms with Crippen molar-refractivity contribution in [3.63, 3.8) is 0 Å². The van der Waals surface area contributed by atoms with Gasteiger partial charge >= 0.3 is 0 Å². The Kier molecular flexibility index (Phi) is 4.19. The van der Waals surface area contributed by atoms with Crippen molar-refractivity contribution in [3.8, 4) is 28.3 Å². The summed E-state index contributed by atoms with van der Waals surface area (Å²) in [6.07, 6.45) is 3.51. The molecule has 0 unspecified atom stereocenters. The number of hydrogen-bond donors (Lipinski definition) is 1. The number of aromatic nitrogens is 3. The number of fused-ring (bicyclic) bond motifs is 1. The van der Waals surface area contributed by atoms with Gasteiger partial charge in [-0.05, 0) is 47.5 Å². The lowest BCUT2D eigenvalue weighted by Crippen LogP contribution is -1.99. The molecular formula is C21H18N4O. The summed E-state index contributed by atoms with van der Waals surface area (Å²) in [5.41, 5.74) is 3.93. The SMILES string of the molecule is CNc1nc(-c2cccnc2)nc2cc(-c3cccc(OC)c3)ccc12. The minimum Gasteiger partial charge on any atom is -0.497 e. The zero-order valence-electron chi connectivity index (χ0n) is 14.6. The Morgan fingerprint density at radius 2 is 1.73 bits per heavy atom. The third-order valence-electron chi connectivity index (χ3n) is 4.26. The van der Waals surface area contributed by atoms with Crippen molar-refractivity contribution in [3.05, 3.63) is 67.0 Å². The number of anilines is 1. The smallest absolute Gasteiger partial charge is 0.163 e. The third-order valence-corrected chi connectivity index (χ3v) is 4.26. The molecule has 128 valence electrons. The van der Waals surface area contributed by atoms with Gasteiger partial charge < -0.3 is 10.1 Å². The topological polar surface area (TPSA) is 59.9 Å². The van der Waals surface area contributed by atoms with Crippen molar-refractivity contribution in [1.82, 2.24) is 15.0 Å². The lowest BCUT2D eigenvalue weighted by Gasteiger charge is -2.10. The van der Waals surface area contributed by atoms with E-state index in [0.29, 0.717) is 5.82 Å². The van der Waals surface area contributed by atoms with E-state index in [-0.39, 0.29) is 0 Å². The Morgan fingerprint density at radius 1 is 0.885 bits per heavy atom. The number of rotatable bonds is 4. The monoisotopic (exact) mass is 342 g/mol. The van der Waals surface area contributed by atoms with Crippen molar-refractivity contribution in [1.29, 1.82) is 0 Å². The number of benzene rings is 2. The highest BCUT2D eigenvalue weighted by atomic mass is 16.5. The molecule has 0 spiro atoms. The number of methoxy groups -OCH3 is 1. The van der Waals surface area contributed by atoms with Crippen molar-refractivity contribution < 1.29 is 4.74 Å². The quantitative estimate of drug-likeness (QED) is 0.595. The second kappa shape index (κ2) is 6.80. The van der Waals surface area contributed by atoms with Crippen molar-refractivity contribution in [2.45, 2.75) is 0 Å². The average Bonchev–Trinajstić information content (AvgIpc) is 2.73. The van der Waals surface area contributed by atoms with Crippen LogP contribution in [0.3, 0.4) is 0 Å². The molecule has 5 heteroatoms. The number of ether oxygens (including phenoxy) is 1. The molecule has 0 aliphatic carbocycles. The summed E-state index contributed by atoms with van der Waals surface area (Å²) >= 11 is 0. The van der Waals surface area contributed by atoms with Gasteiger partial charge in [0.15, 0.2) is 5.82 Å². The second-order valence-corrected chi connectivity index (χ2v) is 5.85. The molecule has 0 radical (unpaired) electrons. The van der Waals surface area contributed by atoms with Gasteiger partial charge in [-0.25, -0.2) is 9.97 Å².